The maximum Gasteiger partial charge on any atom is 0.335 e. The lowest BCUT2D eigenvalue weighted by molar-refractivity contribution is 0.0696. The Hall–Kier alpha value is -2.36. The van der Waals surface area contributed by atoms with Crippen molar-refractivity contribution in [3.63, 3.8) is 0 Å². The van der Waals surface area contributed by atoms with E-state index >= 15 is 0 Å². The van der Waals surface area contributed by atoms with Crippen LogP contribution in [0.25, 0.3) is 0 Å². The second kappa shape index (κ2) is 5.56. The van der Waals surface area contributed by atoms with Crippen LogP contribution in [0, 0.1) is 0 Å². The number of rotatable bonds is 4. The molecule has 0 saturated carbocycles. The maximum absolute atomic E-state index is 11.2. The number of carbonyl (C=O) groups is 1. The second-order valence-electron chi connectivity index (χ2n) is 5.41. The van der Waals surface area contributed by atoms with Crippen LogP contribution < -0.4 is 5.32 Å². The number of hydrogen-bond donors (Lipinski definition) is 2. The van der Waals surface area contributed by atoms with Gasteiger partial charge in [0, 0.05) is 11.7 Å². The monoisotopic (exact) mass is 282 g/mol. The zero-order chi connectivity index (χ0) is 14.8. The van der Waals surface area contributed by atoms with Crippen molar-refractivity contribution >= 4 is 11.8 Å². The van der Waals surface area contributed by atoms with Gasteiger partial charge in [-0.25, -0.2) is 9.78 Å². The predicted octanol–water partition coefficient (Wildman–Crippen LogP) is 2.92. The number of carboxylic acid groups (broad SMARTS) is 1. The molecule has 1 aliphatic rings. The molecule has 2 aromatic rings. The number of benzene rings is 1. The van der Waals surface area contributed by atoms with E-state index in [-0.39, 0.29) is 6.04 Å². The van der Waals surface area contributed by atoms with Crippen LogP contribution >= 0.6 is 0 Å². The number of pyridine rings is 1. The van der Waals surface area contributed by atoms with Gasteiger partial charge in [0.05, 0.1) is 5.56 Å². The minimum atomic E-state index is -0.912. The first-order chi connectivity index (χ1) is 10.2. The fraction of sp³-hybridized carbons (Fsp3) is 0.294. The third-order valence-corrected chi connectivity index (χ3v) is 3.89. The summed E-state index contributed by atoms with van der Waals surface area (Å²) in [5.41, 5.74) is 3.81. The van der Waals surface area contributed by atoms with Crippen molar-refractivity contribution in [3.8, 4) is 0 Å². The molecule has 108 valence electrons. The topological polar surface area (TPSA) is 62.2 Å². The molecule has 0 radical (unpaired) electrons. The minimum Gasteiger partial charge on any atom is -0.478 e. The quantitative estimate of drug-likeness (QED) is 0.905. The zero-order valence-electron chi connectivity index (χ0n) is 12.0. The molecular formula is C17H18N2O2. The lowest BCUT2D eigenvalue weighted by atomic mass is 10.1. The Morgan fingerprint density at radius 3 is 2.52 bits per heavy atom. The van der Waals surface area contributed by atoms with Crippen molar-refractivity contribution in [1.82, 2.24) is 4.98 Å². The van der Waals surface area contributed by atoms with E-state index in [9.17, 15) is 9.90 Å². The van der Waals surface area contributed by atoms with Gasteiger partial charge in [-0.1, -0.05) is 31.2 Å². The van der Waals surface area contributed by atoms with Crippen LogP contribution in [0.4, 0.5) is 5.82 Å². The van der Waals surface area contributed by atoms with Crippen molar-refractivity contribution in [1.29, 1.82) is 0 Å². The normalized spacial score (nSPS) is 14.0. The van der Waals surface area contributed by atoms with E-state index in [0.717, 1.165) is 25.0 Å². The number of hydrogen-bond acceptors (Lipinski definition) is 3. The Labute approximate surface area is 123 Å². The van der Waals surface area contributed by atoms with E-state index < -0.39 is 5.97 Å². The number of fused-ring (bicyclic) bond motifs is 1. The van der Waals surface area contributed by atoms with Crippen molar-refractivity contribution in [2.75, 3.05) is 5.32 Å². The summed E-state index contributed by atoms with van der Waals surface area (Å²) in [6.45, 7) is 1.98. The molecule has 4 heteroatoms. The molecule has 0 fully saturated rings. The van der Waals surface area contributed by atoms with Crippen LogP contribution in [0.5, 0.6) is 0 Å². The molecule has 0 unspecified atom stereocenters. The van der Waals surface area contributed by atoms with Gasteiger partial charge < -0.3 is 10.4 Å². The Bertz CT molecular complexity index is 657. The van der Waals surface area contributed by atoms with Crippen LogP contribution in [0.1, 0.15) is 34.1 Å². The summed E-state index contributed by atoms with van der Waals surface area (Å²) < 4.78 is 0. The highest BCUT2D eigenvalue weighted by atomic mass is 16.4. The Balaban J connectivity index is 1.80. The van der Waals surface area contributed by atoms with E-state index in [0.29, 0.717) is 11.4 Å². The van der Waals surface area contributed by atoms with Crippen molar-refractivity contribution < 1.29 is 9.90 Å². The Morgan fingerprint density at radius 1 is 1.29 bits per heavy atom. The molecule has 1 aromatic heterocycles. The first-order valence-corrected chi connectivity index (χ1v) is 7.23. The van der Waals surface area contributed by atoms with Crippen LogP contribution in [-0.4, -0.2) is 22.1 Å². The molecule has 0 atom stereocenters. The fourth-order valence-corrected chi connectivity index (χ4v) is 2.84. The van der Waals surface area contributed by atoms with Gasteiger partial charge in [-0.2, -0.15) is 0 Å². The number of nitrogens with one attached hydrogen (secondary N) is 1. The van der Waals surface area contributed by atoms with Gasteiger partial charge in [-0.3, -0.25) is 0 Å². The molecule has 4 nitrogen and oxygen atoms in total. The van der Waals surface area contributed by atoms with Gasteiger partial charge in [0.1, 0.15) is 5.82 Å². The van der Waals surface area contributed by atoms with E-state index in [1.165, 1.54) is 11.1 Å². The van der Waals surface area contributed by atoms with E-state index in [1.807, 2.05) is 6.92 Å². The lowest BCUT2D eigenvalue weighted by Crippen LogP contribution is -2.21. The summed E-state index contributed by atoms with van der Waals surface area (Å²) in [4.78, 5) is 15.7. The lowest BCUT2D eigenvalue weighted by Gasteiger charge is -2.14. The van der Waals surface area contributed by atoms with Gasteiger partial charge in [-0.15, -0.1) is 0 Å². The SMILES string of the molecule is CCc1cc(C(=O)O)cc(NC2Cc3ccccc3C2)n1. The number of carboxylic acids is 1. The highest BCUT2D eigenvalue weighted by molar-refractivity contribution is 5.88. The van der Waals surface area contributed by atoms with Gasteiger partial charge >= 0.3 is 5.97 Å². The number of nitrogens with zero attached hydrogens (tertiary/aromatic N) is 1. The number of aromatic nitrogens is 1. The largest absolute Gasteiger partial charge is 0.478 e. The zero-order valence-corrected chi connectivity index (χ0v) is 12.0. The summed E-state index contributed by atoms with van der Waals surface area (Å²) in [5.74, 6) is -0.255. The Kier molecular flexibility index (Phi) is 3.60. The summed E-state index contributed by atoms with van der Waals surface area (Å²) in [6, 6.07) is 11.9. The average molecular weight is 282 g/mol. The van der Waals surface area contributed by atoms with Crippen LogP contribution in [0.15, 0.2) is 36.4 Å². The standard InChI is InChI=1S/C17H18N2O2/c1-2-14-9-13(17(20)21)10-16(18-14)19-15-7-11-5-3-4-6-12(11)8-15/h3-6,9-10,15H,2,7-8H2,1H3,(H,18,19)(H,20,21). The third-order valence-electron chi connectivity index (χ3n) is 3.89. The molecule has 3 rings (SSSR count). The molecule has 0 saturated heterocycles. The molecule has 0 amide bonds. The minimum absolute atomic E-state index is 0.281. The third kappa shape index (κ3) is 2.89. The number of aromatic carboxylic acids is 1. The van der Waals surface area contributed by atoms with Crippen molar-refractivity contribution in [3.05, 3.63) is 58.8 Å². The van der Waals surface area contributed by atoms with E-state index in [4.69, 9.17) is 0 Å². The van der Waals surface area contributed by atoms with Crippen LogP contribution in [0.2, 0.25) is 0 Å². The van der Waals surface area contributed by atoms with Crippen LogP contribution in [0.3, 0.4) is 0 Å². The van der Waals surface area contributed by atoms with Gasteiger partial charge in [0.15, 0.2) is 0 Å². The Morgan fingerprint density at radius 2 is 1.95 bits per heavy atom. The predicted molar refractivity (Wildman–Crippen MR) is 81.8 cm³/mol. The molecular weight excluding hydrogens is 264 g/mol. The average Bonchev–Trinajstić information content (AvgIpc) is 2.88. The smallest absolute Gasteiger partial charge is 0.335 e. The van der Waals surface area contributed by atoms with Gasteiger partial charge in [0.2, 0.25) is 0 Å². The highest BCUT2D eigenvalue weighted by Gasteiger charge is 2.21. The van der Waals surface area contributed by atoms with Gasteiger partial charge in [-0.05, 0) is 42.5 Å². The summed E-state index contributed by atoms with van der Waals surface area (Å²) in [7, 11) is 0. The van der Waals surface area contributed by atoms with Gasteiger partial charge in [0.25, 0.3) is 0 Å². The molecule has 0 aliphatic heterocycles. The number of anilines is 1. The maximum atomic E-state index is 11.2. The highest BCUT2D eigenvalue weighted by Crippen LogP contribution is 2.24. The van der Waals surface area contributed by atoms with E-state index in [1.54, 1.807) is 12.1 Å². The first-order valence-electron chi connectivity index (χ1n) is 7.23. The first kappa shape index (κ1) is 13.6. The summed E-state index contributed by atoms with van der Waals surface area (Å²) in [5, 5.41) is 12.6. The molecule has 21 heavy (non-hydrogen) atoms. The summed E-state index contributed by atoms with van der Waals surface area (Å²) >= 11 is 0. The molecule has 1 aliphatic carbocycles. The molecule has 0 spiro atoms. The number of aryl methyl sites for hydroxylation is 1. The second-order valence-corrected chi connectivity index (χ2v) is 5.41. The summed E-state index contributed by atoms with van der Waals surface area (Å²) in [6.07, 6.45) is 2.63. The molecule has 0 bridgehead atoms. The van der Waals surface area contributed by atoms with Crippen molar-refractivity contribution in [2.45, 2.75) is 32.2 Å². The van der Waals surface area contributed by atoms with Crippen LogP contribution in [-0.2, 0) is 19.3 Å². The van der Waals surface area contributed by atoms with Crippen molar-refractivity contribution in [2.24, 2.45) is 0 Å². The molecule has 1 aromatic carbocycles. The molecule has 2 N–H and O–H groups in total. The van der Waals surface area contributed by atoms with E-state index in [2.05, 4.69) is 34.6 Å². The molecule has 1 heterocycles. The fourth-order valence-electron chi connectivity index (χ4n) is 2.84.